The second-order valence-electron chi connectivity index (χ2n) is 7.22. The van der Waals surface area contributed by atoms with Crippen LogP contribution in [0.5, 0.6) is 0 Å². The SMILES string of the molecule is CN(CCCn1cccn1)C(=O)[C@H]1CN(C(=O)CN2CCOC2=O)CC[C@H]1O. The highest BCUT2D eigenvalue weighted by Crippen LogP contribution is 2.20. The third kappa shape index (κ3) is 4.80. The number of rotatable bonds is 7. The Morgan fingerprint density at radius 2 is 2.21 bits per heavy atom. The average molecular weight is 393 g/mol. The first kappa shape index (κ1) is 20.1. The van der Waals surface area contributed by atoms with Gasteiger partial charge in [0.15, 0.2) is 0 Å². The highest BCUT2D eigenvalue weighted by Gasteiger charge is 2.37. The zero-order valence-corrected chi connectivity index (χ0v) is 16.1. The highest BCUT2D eigenvalue weighted by atomic mass is 16.6. The van der Waals surface area contributed by atoms with Crippen molar-refractivity contribution in [3.8, 4) is 0 Å². The minimum Gasteiger partial charge on any atom is -0.448 e. The Labute approximate surface area is 163 Å². The first-order chi connectivity index (χ1) is 13.5. The summed E-state index contributed by atoms with van der Waals surface area (Å²) in [5, 5.41) is 14.4. The van der Waals surface area contributed by atoms with E-state index in [9.17, 15) is 19.5 Å². The first-order valence-corrected chi connectivity index (χ1v) is 9.55. The molecule has 3 rings (SSSR count). The number of aromatic nitrogens is 2. The van der Waals surface area contributed by atoms with Crippen LogP contribution < -0.4 is 0 Å². The quantitative estimate of drug-likeness (QED) is 0.662. The van der Waals surface area contributed by atoms with Gasteiger partial charge in [0.2, 0.25) is 11.8 Å². The van der Waals surface area contributed by atoms with Crippen LogP contribution >= 0.6 is 0 Å². The molecule has 0 aromatic carbocycles. The molecule has 0 bridgehead atoms. The number of nitrogens with zero attached hydrogens (tertiary/aromatic N) is 5. The monoisotopic (exact) mass is 393 g/mol. The van der Waals surface area contributed by atoms with Crippen LogP contribution in [0.1, 0.15) is 12.8 Å². The van der Waals surface area contributed by atoms with E-state index < -0.39 is 18.1 Å². The third-order valence-corrected chi connectivity index (χ3v) is 5.23. The van der Waals surface area contributed by atoms with Gasteiger partial charge in [0.05, 0.1) is 18.6 Å². The van der Waals surface area contributed by atoms with Gasteiger partial charge in [-0.3, -0.25) is 19.2 Å². The Bertz CT molecular complexity index is 695. The van der Waals surface area contributed by atoms with E-state index in [1.807, 2.05) is 12.3 Å². The van der Waals surface area contributed by atoms with Crippen molar-refractivity contribution in [1.29, 1.82) is 0 Å². The van der Waals surface area contributed by atoms with E-state index in [0.717, 1.165) is 6.42 Å². The fraction of sp³-hybridized carbons (Fsp3) is 0.667. The summed E-state index contributed by atoms with van der Waals surface area (Å²) in [5.74, 6) is -1.06. The number of piperidine rings is 1. The van der Waals surface area contributed by atoms with Crippen LogP contribution in [0.2, 0.25) is 0 Å². The molecule has 28 heavy (non-hydrogen) atoms. The van der Waals surface area contributed by atoms with E-state index in [0.29, 0.717) is 32.6 Å². The van der Waals surface area contributed by atoms with Crippen LogP contribution in [0.4, 0.5) is 4.79 Å². The summed E-state index contributed by atoms with van der Waals surface area (Å²) in [4.78, 5) is 41.3. The van der Waals surface area contributed by atoms with Gasteiger partial charge in [0, 0.05) is 45.6 Å². The van der Waals surface area contributed by atoms with E-state index in [-0.39, 0.29) is 31.5 Å². The molecule has 1 aromatic rings. The molecule has 0 unspecified atom stereocenters. The van der Waals surface area contributed by atoms with Crippen LogP contribution in [-0.4, -0.2) is 100.0 Å². The topological polar surface area (TPSA) is 108 Å². The van der Waals surface area contributed by atoms with Crippen molar-refractivity contribution in [2.75, 3.05) is 46.4 Å². The van der Waals surface area contributed by atoms with Gasteiger partial charge in [-0.15, -0.1) is 0 Å². The predicted octanol–water partition coefficient (Wildman–Crippen LogP) is -0.607. The number of carbonyl (C=O) groups is 3. The highest BCUT2D eigenvalue weighted by molar-refractivity contribution is 5.84. The minimum atomic E-state index is -0.776. The predicted molar refractivity (Wildman–Crippen MR) is 98.1 cm³/mol. The molecule has 0 aliphatic carbocycles. The lowest BCUT2D eigenvalue weighted by atomic mass is 9.93. The third-order valence-electron chi connectivity index (χ3n) is 5.23. The molecular formula is C18H27N5O5. The van der Waals surface area contributed by atoms with Gasteiger partial charge in [-0.25, -0.2) is 4.79 Å². The summed E-state index contributed by atoms with van der Waals surface area (Å²) < 4.78 is 6.64. The lowest BCUT2D eigenvalue weighted by Gasteiger charge is -2.37. The standard InChI is InChI=1S/C18H27N5O5/c1-20(6-3-8-23-7-2-5-19-23)17(26)14-12-21(9-4-15(14)24)16(25)13-22-10-11-28-18(22)27/h2,5,7,14-15,24H,3-4,6,8-13H2,1H3/t14-,15+/m0/s1. The Morgan fingerprint density at radius 1 is 1.39 bits per heavy atom. The molecule has 3 heterocycles. The summed E-state index contributed by atoms with van der Waals surface area (Å²) >= 11 is 0. The number of aliphatic hydroxyl groups excluding tert-OH is 1. The zero-order valence-electron chi connectivity index (χ0n) is 16.1. The van der Waals surface area contributed by atoms with Gasteiger partial charge < -0.3 is 19.6 Å². The van der Waals surface area contributed by atoms with Crippen LogP contribution in [0, 0.1) is 5.92 Å². The van der Waals surface area contributed by atoms with Crippen molar-refractivity contribution in [1.82, 2.24) is 24.5 Å². The zero-order chi connectivity index (χ0) is 20.1. The van der Waals surface area contributed by atoms with Gasteiger partial charge in [0.1, 0.15) is 13.2 Å². The first-order valence-electron chi connectivity index (χ1n) is 9.55. The number of carbonyl (C=O) groups excluding carboxylic acids is 3. The Balaban J connectivity index is 1.50. The second-order valence-corrected chi connectivity index (χ2v) is 7.22. The van der Waals surface area contributed by atoms with Crippen molar-refractivity contribution < 1.29 is 24.2 Å². The molecule has 2 atom stereocenters. The molecule has 0 spiro atoms. The molecule has 1 N–H and O–H groups in total. The van der Waals surface area contributed by atoms with E-state index in [4.69, 9.17) is 4.74 Å². The number of hydrogen-bond acceptors (Lipinski definition) is 6. The molecular weight excluding hydrogens is 366 g/mol. The minimum absolute atomic E-state index is 0.0600. The van der Waals surface area contributed by atoms with Gasteiger partial charge in [-0.2, -0.15) is 5.10 Å². The number of amides is 3. The Hall–Kier alpha value is -2.62. The lowest BCUT2D eigenvalue weighted by molar-refractivity contribution is -0.145. The largest absolute Gasteiger partial charge is 0.448 e. The molecule has 3 amide bonds. The number of aryl methyl sites for hydroxylation is 1. The molecule has 0 radical (unpaired) electrons. The second kappa shape index (κ2) is 9.05. The van der Waals surface area contributed by atoms with Crippen molar-refractivity contribution in [3.63, 3.8) is 0 Å². The number of cyclic esters (lactones) is 1. The lowest BCUT2D eigenvalue weighted by Crippen LogP contribution is -2.53. The molecule has 2 aliphatic heterocycles. The fourth-order valence-electron chi connectivity index (χ4n) is 3.54. The van der Waals surface area contributed by atoms with Crippen molar-refractivity contribution in [2.45, 2.75) is 25.5 Å². The molecule has 0 saturated carbocycles. The fourth-order valence-corrected chi connectivity index (χ4v) is 3.54. The maximum absolute atomic E-state index is 12.8. The number of hydrogen-bond donors (Lipinski definition) is 1. The Kier molecular flexibility index (Phi) is 6.50. The van der Waals surface area contributed by atoms with Crippen LogP contribution in [0.25, 0.3) is 0 Å². The van der Waals surface area contributed by atoms with Crippen LogP contribution in [-0.2, 0) is 20.9 Å². The summed E-state index contributed by atoms with van der Waals surface area (Å²) in [6, 6.07) is 1.85. The van der Waals surface area contributed by atoms with Crippen molar-refractivity contribution in [2.24, 2.45) is 5.92 Å². The molecule has 10 nitrogen and oxygen atoms in total. The number of aliphatic hydroxyl groups is 1. The van der Waals surface area contributed by atoms with E-state index in [1.54, 1.807) is 27.7 Å². The van der Waals surface area contributed by atoms with Gasteiger partial charge >= 0.3 is 6.09 Å². The van der Waals surface area contributed by atoms with Gasteiger partial charge in [0.25, 0.3) is 0 Å². The number of likely N-dealkylation sites (tertiary alicyclic amines) is 1. The van der Waals surface area contributed by atoms with Crippen LogP contribution in [0.3, 0.4) is 0 Å². The van der Waals surface area contributed by atoms with Gasteiger partial charge in [-0.05, 0) is 18.9 Å². The summed E-state index contributed by atoms with van der Waals surface area (Å²) in [7, 11) is 1.71. The normalized spacial score (nSPS) is 22.3. The molecule has 1 aromatic heterocycles. The molecule has 2 saturated heterocycles. The van der Waals surface area contributed by atoms with Crippen molar-refractivity contribution >= 4 is 17.9 Å². The molecule has 2 aliphatic rings. The van der Waals surface area contributed by atoms with Crippen molar-refractivity contribution in [3.05, 3.63) is 18.5 Å². The maximum Gasteiger partial charge on any atom is 0.410 e. The summed E-state index contributed by atoms with van der Waals surface area (Å²) in [5.41, 5.74) is 0. The van der Waals surface area contributed by atoms with E-state index >= 15 is 0 Å². The molecule has 10 heteroatoms. The Morgan fingerprint density at radius 3 is 2.89 bits per heavy atom. The summed E-state index contributed by atoms with van der Waals surface area (Å²) in [6.45, 7) is 2.39. The van der Waals surface area contributed by atoms with E-state index in [2.05, 4.69) is 5.10 Å². The summed E-state index contributed by atoms with van der Waals surface area (Å²) in [6.07, 6.45) is 3.39. The maximum atomic E-state index is 12.8. The van der Waals surface area contributed by atoms with Crippen LogP contribution in [0.15, 0.2) is 18.5 Å². The average Bonchev–Trinajstić information content (AvgIpc) is 3.33. The molecule has 154 valence electrons. The smallest absolute Gasteiger partial charge is 0.410 e. The number of ether oxygens (including phenoxy) is 1. The van der Waals surface area contributed by atoms with Gasteiger partial charge in [-0.1, -0.05) is 0 Å². The van der Waals surface area contributed by atoms with E-state index in [1.165, 1.54) is 4.90 Å². The molecule has 2 fully saturated rings.